The Morgan fingerprint density at radius 2 is 2.07 bits per heavy atom. The third-order valence-electron chi connectivity index (χ3n) is 6.90. The van der Waals surface area contributed by atoms with Gasteiger partial charge in [0.15, 0.2) is 0 Å². The minimum atomic E-state index is -0.313. The number of carbonyl (C=O) groups is 1. The third kappa shape index (κ3) is 4.13. The summed E-state index contributed by atoms with van der Waals surface area (Å²) in [5.74, 6) is 0.485. The number of rotatable bonds is 5. The van der Waals surface area contributed by atoms with Crippen LogP contribution in [0.15, 0.2) is 24.3 Å². The molecule has 0 unspecified atom stereocenters. The van der Waals surface area contributed by atoms with Gasteiger partial charge in [-0.05, 0) is 56.3 Å². The van der Waals surface area contributed by atoms with Gasteiger partial charge in [-0.1, -0.05) is 12.1 Å². The predicted molar refractivity (Wildman–Crippen MR) is 106 cm³/mol. The van der Waals surface area contributed by atoms with Gasteiger partial charge in [-0.15, -0.1) is 0 Å². The smallest absolute Gasteiger partial charge is 0.410 e. The van der Waals surface area contributed by atoms with Gasteiger partial charge in [0, 0.05) is 12.0 Å². The molecule has 7 heteroatoms. The van der Waals surface area contributed by atoms with E-state index in [-0.39, 0.29) is 42.1 Å². The molecule has 1 aromatic carbocycles. The van der Waals surface area contributed by atoms with Crippen LogP contribution < -0.4 is 5.32 Å². The molecule has 2 heterocycles. The topological polar surface area (TPSA) is 60.0 Å². The van der Waals surface area contributed by atoms with E-state index in [0.717, 1.165) is 31.2 Å². The van der Waals surface area contributed by atoms with Crippen molar-refractivity contribution in [2.75, 3.05) is 34.0 Å². The number of likely N-dealkylation sites (N-methyl/N-ethyl adjacent to an activating group) is 1. The Hall–Kier alpha value is -1.70. The number of nitrogens with zero attached hydrogens (tertiary/aromatic N) is 1. The number of benzene rings is 1. The van der Waals surface area contributed by atoms with Crippen LogP contribution in [-0.2, 0) is 14.2 Å². The van der Waals surface area contributed by atoms with Gasteiger partial charge in [-0.25, -0.2) is 9.18 Å². The number of hydrogen-bond acceptors (Lipinski definition) is 5. The summed E-state index contributed by atoms with van der Waals surface area (Å²) in [5.41, 5.74) is 1.08. The van der Waals surface area contributed by atoms with Crippen molar-refractivity contribution in [3.8, 4) is 0 Å². The summed E-state index contributed by atoms with van der Waals surface area (Å²) >= 11 is 0. The van der Waals surface area contributed by atoms with E-state index in [1.165, 1.54) is 13.2 Å². The molecule has 160 valence electrons. The summed E-state index contributed by atoms with van der Waals surface area (Å²) in [4.78, 5) is 14.3. The van der Waals surface area contributed by atoms with Gasteiger partial charge in [-0.3, -0.25) is 4.90 Å². The Bertz CT molecular complexity index is 710. The molecule has 1 saturated carbocycles. The first kappa shape index (κ1) is 20.6. The number of ether oxygens (including phenoxy) is 3. The Kier molecular flexibility index (Phi) is 6.37. The lowest BCUT2D eigenvalue weighted by atomic mass is 9.82. The molecule has 0 radical (unpaired) electrons. The summed E-state index contributed by atoms with van der Waals surface area (Å²) in [7, 11) is 3.35. The third-order valence-corrected chi connectivity index (χ3v) is 6.90. The van der Waals surface area contributed by atoms with Crippen molar-refractivity contribution in [1.29, 1.82) is 0 Å². The quantitative estimate of drug-likeness (QED) is 0.815. The lowest BCUT2D eigenvalue weighted by Gasteiger charge is -2.33. The van der Waals surface area contributed by atoms with Crippen molar-refractivity contribution in [3.63, 3.8) is 0 Å². The zero-order valence-electron chi connectivity index (χ0n) is 17.2. The van der Waals surface area contributed by atoms with Crippen molar-refractivity contribution in [3.05, 3.63) is 35.6 Å². The first-order valence-electron chi connectivity index (χ1n) is 10.6. The highest BCUT2D eigenvalue weighted by molar-refractivity contribution is 5.69. The lowest BCUT2D eigenvalue weighted by molar-refractivity contribution is -0.0145. The molecule has 6 nitrogen and oxygen atoms in total. The van der Waals surface area contributed by atoms with Crippen LogP contribution in [0.25, 0.3) is 0 Å². The van der Waals surface area contributed by atoms with E-state index in [2.05, 4.69) is 5.32 Å². The van der Waals surface area contributed by atoms with E-state index >= 15 is 0 Å². The fraction of sp³-hybridized carbons (Fsp3) is 0.682. The average molecular weight is 406 g/mol. The fourth-order valence-corrected chi connectivity index (χ4v) is 5.42. The summed E-state index contributed by atoms with van der Waals surface area (Å²) in [6.45, 7) is 1.69. The number of hydrogen-bond donors (Lipinski definition) is 1. The standard InChI is InChI=1S/C22H31FN2O4/c1-24-21-18-11-28-12-19(18)25(22(26)27-2)20(21)13-29-17-8-6-14(7-9-17)15-4-3-5-16(23)10-15/h3-5,10,14,17-21,24H,6-9,11-13H2,1-2H3/t14-,17+,18-,19+,20-,21-/m0/s1. The van der Waals surface area contributed by atoms with E-state index in [1.54, 1.807) is 12.1 Å². The van der Waals surface area contributed by atoms with Crippen LogP contribution in [0, 0.1) is 11.7 Å². The number of methoxy groups -OCH3 is 1. The molecule has 1 aromatic rings. The van der Waals surface area contributed by atoms with Crippen LogP contribution in [0.1, 0.15) is 37.2 Å². The molecule has 1 N–H and O–H groups in total. The van der Waals surface area contributed by atoms with Gasteiger partial charge in [0.1, 0.15) is 5.82 Å². The second-order valence-electron chi connectivity index (χ2n) is 8.39. The largest absolute Gasteiger partial charge is 0.453 e. The first-order valence-corrected chi connectivity index (χ1v) is 10.6. The predicted octanol–water partition coefficient (Wildman–Crippen LogP) is 2.92. The van der Waals surface area contributed by atoms with Crippen LogP contribution in [0.3, 0.4) is 0 Å². The molecular weight excluding hydrogens is 375 g/mol. The normalized spacial score (nSPS) is 34.2. The Morgan fingerprint density at radius 3 is 2.76 bits per heavy atom. The van der Waals surface area contributed by atoms with Gasteiger partial charge in [0.2, 0.25) is 0 Å². The molecule has 1 aliphatic carbocycles. The monoisotopic (exact) mass is 406 g/mol. The molecule has 2 saturated heterocycles. The van der Waals surface area contributed by atoms with Crippen LogP contribution in [0.2, 0.25) is 0 Å². The van der Waals surface area contributed by atoms with Gasteiger partial charge in [0.25, 0.3) is 0 Å². The minimum Gasteiger partial charge on any atom is -0.453 e. The Labute approximate surface area is 171 Å². The van der Waals surface area contributed by atoms with Crippen molar-refractivity contribution in [1.82, 2.24) is 10.2 Å². The van der Waals surface area contributed by atoms with Crippen molar-refractivity contribution in [2.45, 2.75) is 55.8 Å². The molecule has 1 amide bonds. The maximum absolute atomic E-state index is 13.5. The average Bonchev–Trinajstić information content (AvgIpc) is 3.32. The number of nitrogens with one attached hydrogen (secondary N) is 1. The zero-order valence-corrected chi connectivity index (χ0v) is 17.2. The Balaban J connectivity index is 1.35. The van der Waals surface area contributed by atoms with Crippen molar-refractivity contribution < 1.29 is 23.4 Å². The van der Waals surface area contributed by atoms with Crippen LogP contribution in [0.4, 0.5) is 9.18 Å². The van der Waals surface area contributed by atoms with E-state index < -0.39 is 0 Å². The Morgan fingerprint density at radius 1 is 1.28 bits per heavy atom. The maximum Gasteiger partial charge on any atom is 0.410 e. The highest BCUT2D eigenvalue weighted by atomic mass is 19.1. The molecule has 0 aromatic heterocycles. The highest BCUT2D eigenvalue weighted by Crippen LogP contribution is 2.37. The van der Waals surface area contributed by atoms with Crippen LogP contribution in [0.5, 0.6) is 0 Å². The first-order chi connectivity index (χ1) is 14.1. The van der Waals surface area contributed by atoms with E-state index in [1.807, 2.05) is 18.0 Å². The SMILES string of the molecule is CN[C@H]1[C@H]2COC[C@H]2N(C(=O)OC)[C@H]1CO[C@H]1CC[C@@H](c2cccc(F)c2)CC1. The number of amides is 1. The van der Waals surface area contributed by atoms with Crippen molar-refractivity contribution in [2.24, 2.45) is 5.92 Å². The number of carbonyl (C=O) groups excluding carboxylic acids is 1. The summed E-state index contributed by atoms with van der Waals surface area (Å²) in [5, 5.41) is 3.37. The van der Waals surface area contributed by atoms with Crippen LogP contribution >= 0.6 is 0 Å². The highest BCUT2D eigenvalue weighted by Gasteiger charge is 2.53. The second-order valence-corrected chi connectivity index (χ2v) is 8.39. The summed E-state index contributed by atoms with van der Waals surface area (Å²) in [6.07, 6.45) is 3.75. The molecule has 4 rings (SSSR count). The van der Waals surface area contributed by atoms with Gasteiger partial charge in [0.05, 0.1) is 45.1 Å². The molecule has 29 heavy (non-hydrogen) atoms. The molecule has 3 fully saturated rings. The molecule has 2 aliphatic heterocycles. The molecule has 0 spiro atoms. The van der Waals surface area contributed by atoms with Crippen LogP contribution in [-0.4, -0.2) is 69.2 Å². The van der Waals surface area contributed by atoms with Gasteiger partial charge < -0.3 is 19.5 Å². The molecular formula is C22H31FN2O4. The van der Waals surface area contributed by atoms with E-state index in [4.69, 9.17) is 14.2 Å². The minimum absolute atomic E-state index is 0.0391. The summed E-state index contributed by atoms with van der Waals surface area (Å²) < 4.78 is 30.5. The number of fused-ring (bicyclic) bond motifs is 1. The maximum atomic E-state index is 13.5. The van der Waals surface area contributed by atoms with E-state index in [9.17, 15) is 9.18 Å². The van der Waals surface area contributed by atoms with Crippen molar-refractivity contribution >= 4 is 6.09 Å². The summed E-state index contributed by atoms with van der Waals surface area (Å²) in [6, 6.07) is 7.05. The molecule has 4 atom stereocenters. The van der Waals surface area contributed by atoms with Gasteiger partial charge in [-0.2, -0.15) is 0 Å². The fourth-order valence-electron chi connectivity index (χ4n) is 5.42. The lowest BCUT2D eigenvalue weighted by Crippen LogP contribution is -2.50. The molecule has 3 aliphatic rings. The van der Waals surface area contributed by atoms with E-state index in [0.29, 0.717) is 25.7 Å². The number of halogens is 1. The number of likely N-dealkylation sites (tertiary alicyclic amines) is 1. The molecule has 0 bridgehead atoms. The second kappa shape index (κ2) is 8.98. The van der Waals surface area contributed by atoms with Gasteiger partial charge >= 0.3 is 6.09 Å². The zero-order chi connectivity index (χ0) is 20.4.